The Morgan fingerprint density at radius 3 is 2.30 bits per heavy atom. The van der Waals surface area contributed by atoms with Crippen LogP contribution in [0.3, 0.4) is 0 Å². The molecule has 1 aromatic carbocycles. The molecule has 0 bridgehead atoms. The van der Waals surface area contributed by atoms with E-state index in [0.29, 0.717) is 5.69 Å². The lowest BCUT2D eigenvalue weighted by Crippen LogP contribution is -2.33. The van der Waals surface area contributed by atoms with E-state index in [4.69, 9.17) is 0 Å². The fourth-order valence-electron chi connectivity index (χ4n) is 2.66. The Morgan fingerprint density at radius 1 is 0.957 bits per heavy atom. The van der Waals surface area contributed by atoms with Gasteiger partial charge in [-0.1, -0.05) is 31.4 Å². The molecule has 124 valence electrons. The number of hydrogen-bond acceptors (Lipinski definition) is 3. The zero-order valence-corrected chi connectivity index (χ0v) is 13.9. The van der Waals surface area contributed by atoms with Crippen LogP contribution >= 0.6 is 0 Å². The van der Waals surface area contributed by atoms with Gasteiger partial charge in [0.15, 0.2) is 0 Å². The first-order valence-electron chi connectivity index (χ1n) is 8.30. The van der Waals surface area contributed by atoms with E-state index in [9.17, 15) is 9.59 Å². The summed E-state index contributed by atoms with van der Waals surface area (Å²) < 4.78 is 0. The Kier molecular flexibility index (Phi) is 6.32. The summed E-state index contributed by atoms with van der Waals surface area (Å²) in [5.74, 6) is -1.41. The lowest BCUT2D eigenvalue weighted by Gasteiger charge is -2.11. The molecular formula is C18H25N3O2. The fourth-order valence-corrected chi connectivity index (χ4v) is 2.66. The predicted octanol–water partition coefficient (Wildman–Crippen LogP) is 3.46. The molecule has 1 saturated carbocycles. The molecule has 0 unspecified atom stereocenters. The van der Waals surface area contributed by atoms with Gasteiger partial charge in [0.1, 0.15) is 0 Å². The lowest BCUT2D eigenvalue weighted by molar-refractivity contribution is -0.136. The topological polar surface area (TPSA) is 70.6 Å². The number of carbonyl (C=O) groups excluding carboxylic acids is 2. The minimum absolute atomic E-state index is 0.656. The number of rotatable bonds is 2. The molecule has 0 aromatic heterocycles. The maximum Gasteiger partial charge on any atom is 0.329 e. The van der Waals surface area contributed by atoms with Crippen molar-refractivity contribution >= 4 is 23.2 Å². The zero-order chi connectivity index (χ0) is 16.7. The van der Waals surface area contributed by atoms with E-state index < -0.39 is 11.8 Å². The van der Waals surface area contributed by atoms with Gasteiger partial charge in [0.2, 0.25) is 0 Å². The Bertz CT molecular complexity index is 598. The minimum atomic E-state index is -0.722. The number of nitrogens with zero attached hydrogens (tertiary/aromatic N) is 1. The molecule has 1 aliphatic carbocycles. The number of anilines is 1. The summed E-state index contributed by atoms with van der Waals surface area (Å²) in [6.07, 6.45) is 7.70. The summed E-state index contributed by atoms with van der Waals surface area (Å²) >= 11 is 0. The van der Waals surface area contributed by atoms with Crippen LogP contribution in [0.25, 0.3) is 0 Å². The molecule has 0 spiro atoms. The van der Waals surface area contributed by atoms with Crippen LogP contribution in [0.4, 0.5) is 5.69 Å². The van der Waals surface area contributed by atoms with Crippen molar-refractivity contribution in [2.45, 2.75) is 58.8 Å². The number of benzene rings is 1. The molecule has 2 N–H and O–H groups in total. The van der Waals surface area contributed by atoms with Gasteiger partial charge in [-0.15, -0.1) is 0 Å². The van der Waals surface area contributed by atoms with Crippen molar-refractivity contribution in [3.05, 3.63) is 29.3 Å². The first kappa shape index (κ1) is 17.2. The molecule has 0 atom stereocenters. The Hall–Kier alpha value is -2.17. The van der Waals surface area contributed by atoms with Crippen molar-refractivity contribution in [2.75, 3.05) is 5.32 Å². The van der Waals surface area contributed by atoms with Crippen LogP contribution in [0, 0.1) is 13.8 Å². The zero-order valence-electron chi connectivity index (χ0n) is 13.9. The molecular weight excluding hydrogens is 290 g/mol. The monoisotopic (exact) mass is 315 g/mol. The largest absolute Gasteiger partial charge is 0.329 e. The van der Waals surface area contributed by atoms with E-state index in [1.54, 1.807) is 0 Å². The van der Waals surface area contributed by atoms with Crippen molar-refractivity contribution in [3.63, 3.8) is 0 Å². The van der Waals surface area contributed by atoms with Gasteiger partial charge in [-0.2, -0.15) is 5.10 Å². The van der Waals surface area contributed by atoms with E-state index in [1.807, 2.05) is 32.0 Å². The highest BCUT2D eigenvalue weighted by atomic mass is 16.2. The third-order valence-electron chi connectivity index (χ3n) is 4.09. The van der Waals surface area contributed by atoms with Gasteiger partial charge >= 0.3 is 11.8 Å². The second-order valence-electron chi connectivity index (χ2n) is 6.16. The van der Waals surface area contributed by atoms with Crippen LogP contribution < -0.4 is 10.7 Å². The maximum atomic E-state index is 12.0. The molecule has 2 rings (SSSR count). The maximum absolute atomic E-state index is 12.0. The summed E-state index contributed by atoms with van der Waals surface area (Å²) in [6.45, 7) is 3.83. The number of nitrogens with one attached hydrogen (secondary N) is 2. The molecule has 2 amide bonds. The number of amides is 2. The van der Waals surface area contributed by atoms with Crippen LogP contribution in [0.2, 0.25) is 0 Å². The summed E-state index contributed by atoms with van der Waals surface area (Å²) in [6, 6.07) is 5.73. The van der Waals surface area contributed by atoms with E-state index in [0.717, 1.165) is 42.5 Å². The smallest absolute Gasteiger partial charge is 0.317 e. The number of hydrogen-bond donors (Lipinski definition) is 2. The van der Waals surface area contributed by atoms with E-state index >= 15 is 0 Å². The molecule has 0 aliphatic heterocycles. The number of hydrazone groups is 1. The van der Waals surface area contributed by atoms with Crippen molar-refractivity contribution < 1.29 is 9.59 Å². The molecule has 1 aromatic rings. The van der Waals surface area contributed by atoms with Gasteiger partial charge in [-0.3, -0.25) is 9.59 Å². The fraction of sp³-hybridized carbons (Fsp3) is 0.500. The van der Waals surface area contributed by atoms with Crippen LogP contribution in [-0.4, -0.2) is 17.5 Å². The minimum Gasteiger partial charge on any atom is -0.317 e. The third-order valence-corrected chi connectivity index (χ3v) is 4.09. The van der Waals surface area contributed by atoms with E-state index in [2.05, 4.69) is 15.8 Å². The first-order valence-corrected chi connectivity index (χ1v) is 8.30. The van der Waals surface area contributed by atoms with Gasteiger partial charge in [0, 0.05) is 11.4 Å². The highest BCUT2D eigenvalue weighted by molar-refractivity contribution is 6.39. The molecule has 5 heteroatoms. The van der Waals surface area contributed by atoms with Crippen LogP contribution in [0.1, 0.15) is 56.1 Å². The summed E-state index contributed by atoms with van der Waals surface area (Å²) in [5.41, 5.74) is 5.98. The summed E-state index contributed by atoms with van der Waals surface area (Å²) in [5, 5.41) is 6.78. The van der Waals surface area contributed by atoms with E-state index in [1.165, 1.54) is 19.3 Å². The SMILES string of the molecule is Cc1ccc(C)c(NC(=O)C(=O)NN=C2CCCCCCC2)c1. The van der Waals surface area contributed by atoms with Crippen LogP contribution in [-0.2, 0) is 9.59 Å². The van der Waals surface area contributed by atoms with E-state index in [-0.39, 0.29) is 0 Å². The Labute approximate surface area is 137 Å². The van der Waals surface area contributed by atoms with Crippen molar-refractivity contribution in [1.29, 1.82) is 0 Å². The second kappa shape index (κ2) is 8.46. The van der Waals surface area contributed by atoms with Crippen molar-refractivity contribution in [2.24, 2.45) is 5.10 Å². The number of aryl methyl sites for hydroxylation is 2. The standard InChI is InChI=1S/C18H25N3O2/c1-13-10-11-14(2)16(12-13)19-17(22)18(23)21-20-15-8-6-4-3-5-7-9-15/h10-12H,3-9H2,1-2H3,(H,19,22)(H,21,23). The molecule has 0 radical (unpaired) electrons. The molecule has 0 saturated heterocycles. The van der Waals surface area contributed by atoms with Gasteiger partial charge < -0.3 is 5.32 Å². The van der Waals surface area contributed by atoms with Crippen LogP contribution in [0.5, 0.6) is 0 Å². The Morgan fingerprint density at radius 2 is 1.61 bits per heavy atom. The first-order chi connectivity index (χ1) is 11.1. The molecule has 1 aliphatic rings. The quantitative estimate of drug-likeness (QED) is 0.648. The van der Waals surface area contributed by atoms with Gasteiger partial charge in [0.05, 0.1) is 0 Å². The van der Waals surface area contributed by atoms with Gasteiger partial charge in [-0.05, 0) is 56.7 Å². The average molecular weight is 315 g/mol. The molecule has 0 heterocycles. The summed E-state index contributed by atoms with van der Waals surface area (Å²) in [7, 11) is 0. The average Bonchev–Trinajstić information content (AvgIpc) is 2.49. The molecule has 1 fully saturated rings. The number of carbonyl (C=O) groups is 2. The second-order valence-corrected chi connectivity index (χ2v) is 6.16. The predicted molar refractivity (Wildman–Crippen MR) is 92.4 cm³/mol. The summed E-state index contributed by atoms with van der Waals surface area (Å²) in [4.78, 5) is 23.9. The lowest BCUT2D eigenvalue weighted by atomic mass is 9.99. The molecule has 5 nitrogen and oxygen atoms in total. The van der Waals surface area contributed by atoms with Gasteiger partial charge in [-0.25, -0.2) is 5.43 Å². The highest BCUT2D eigenvalue weighted by Gasteiger charge is 2.15. The Balaban J connectivity index is 1.91. The van der Waals surface area contributed by atoms with Crippen molar-refractivity contribution in [1.82, 2.24) is 5.43 Å². The highest BCUT2D eigenvalue weighted by Crippen LogP contribution is 2.16. The normalized spacial score (nSPS) is 15.3. The van der Waals surface area contributed by atoms with Crippen LogP contribution in [0.15, 0.2) is 23.3 Å². The van der Waals surface area contributed by atoms with Crippen molar-refractivity contribution in [3.8, 4) is 0 Å². The molecule has 23 heavy (non-hydrogen) atoms. The third kappa shape index (κ3) is 5.51. The van der Waals surface area contributed by atoms with Gasteiger partial charge in [0.25, 0.3) is 0 Å².